The Kier molecular flexibility index (Phi) is 8.26. The van der Waals surface area contributed by atoms with Gasteiger partial charge < -0.3 is 15.3 Å². The largest absolute Gasteiger partial charge is 0.480 e. The molecule has 0 bridgehead atoms. The second kappa shape index (κ2) is 8.54. The molecule has 0 aliphatic carbocycles. The molecule has 0 aromatic rings. The van der Waals surface area contributed by atoms with Crippen molar-refractivity contribution >= 4 is 5.97 Å². The van der Waals surface area contributed by atoms with Crippen LogP contribution in [-0.4, -0.2) is 47.7 Å². The van der Waals surface area contributed by atoms with Gasteiger partial charge in [0.15, 0.2) is 0 Å². The molecule has 0 aromatic carbocycles. The third-order valence-electron chi connectivity index (χ3n) is 4.14. The molecule has 19 heavy (non-hydrogen) atoms. The SMILES string of the molecule is CCNC(C)(CCCCN(C)C(C)C(C)C)C(=O)O. The van der Waals surface area contributed by atoms with Crippen LogP contribution in [0.2, 0.25) is 0 Å². The van der Waals surface area contributed by atoms with Crippen LogP contribution in [0.25, 0.3) is 0 Å². The Balaban J connectivity index is 4.05. The molecule has 2 unspecified atom stereocenters. The normalized spacial score (nSPS) is 16.6. The molecule has 0 amide bonds. The van der Waals surface area contributed by atoms with Crippen LogP contribution in [0.3, 0.4) is 0 Å². The zero-order valence-electron chi connectivity index (χ0n) is 13.5. The molecule has 2 N–H and O–H groups in total. The van der Waals surface area contributed by atoms with Crippen LogP contribution in [0.15, 0.2) is 0 Å². The quantitative estimate of drug-likeness (QED) is 0.600. The molecule has 0 saturated heterocycles. The minimum atomic E-state index is -0.781. The molecule has 0 saturated carbocycles. The van der Waals surface area contributed by atoms with E-state index < -0.39 is 11.5 Å². The minimum Gasteiger partial charge on any atom is -0.480 e. The van der Waals surface area contributed by atoms with E-state index in [4.69, 9.17) is 0 Å². The summed E-state index contributed by atoms with van der Waals surface area (Å²) in [6.07, 6.45) is 2.66. The maximum absolute atomic E-state index is 11.3. The van der Waals surface area contributed by atoms with E-state index in [0.717, 1.165) is 19.4 Å². The molecular formula is C15H32N2O2. The molecule has 0 heterocycles. The summed E-state index contributed by atoms with van der Waals surface area (Å²) in [5, 5.41) is 12.3. The molecule has 4 heteroatoms. The molecule has 0 spiro atoms. The van der Waals surface area contributed by atoms with Gasteiger partial charge in [0.2, 0.25) is 0 Å². The number of carboxylic acids is 1. The molecule has 4 nitrogen and oxygen atoms in total. The Morgan fingerprint density at radius 1 is 1.32 bits per heavy atom. The number of rotatable bonds is 10. The lowest BCUT2D eigenvalue weighted by Gasteiger charge is -2.29. The second-order valence-corrected chi connectivity index (χ2v) is 6.09. The van der Waals surface area contributed by atoms with E-state index in [0.29, 0.717) is 24.9 Å². The van der Waals surface area contributed by atoms with Crippen molar-refractivity contribution in [1.82, 2.24) is 10.2 Å². The summed E-state index contributed by atoms with van der Waals surface area (Å²) in [6.45, 7) is 12.1. The maximum Gasteiger partial charge on any atom is 0.323 e. The fourth-order valence-electron chi connectivity index (χ4n) is 2.21. The zero-order valence-corrected chi connectivity index (χ0v) is 13.5. The van der Waals surface area contributed by atoms with E-state index in [9.17, 15) is 9.90 Å². The van der Waals surface area contributed by atoms with Crippen LogP contribution in [0.5, 0.6) is 0 Å². The van der Waals surface area contributed by atoms with E-state index in [-0.39, 0.29) is 0 Å². The van der Waals surface area contributed by atoms with Crippen molar-refractivity contribution in [1.29, 1.82) is 0 Å². The zero-order chi connectivity index (χ0) is 15.1. The van der Waals surface area contributed by atoms with E-state index >= 15 is 0 Å². The Bertz CT molecular complexity index is 269. The lowest BCUT2D eigenvalue weighted by Crippen LogP contribution is -2.49. The summed E-state index contributed by atoms with van der Waals surface area (Å²) < 4.78 is 0. The van der Waals surface area contributed by atoms with Crippen molar-refractivity contribution in [2.24, 2.45) is 5.92 Å². The number of carbonyl (C=O) groups is 1. The van der Waals surface area contributed by atoms with Gasteiger partial charge in [-0.15, -0.1) is 0 Å². The van der Waals surface area contributed by atoms with Gasteiger partial charge in [0, 0.05) is 6.04 Å². The van der Waals surface area contributed by atoms with E-state index in [1.807, 2.05) is 6.92 Å². The van der Waals surface area contributed by atoms with Crippen molar-refractivity contribution in [2.75, 3.05) is 20.1 Å². The third-order valence-corrected chi connectivity index (χ3v) is 4.14. The highest BCUT2D eigenvalue weighted by molar-refractivity contribution is 5.78. The van der Waals surface area contributed by atoms with E-state index in [1.54, 1.807) is 6.92 Å². The van der Waals surface area contributed by atoms with Gasteiger partial charge >= 0.3 is 5.97 Å². The molecule has 2 atom stereocenters. The first kappa shape index (κ1) is 18.4. The first-order valence-corrected chi connectivity index (χ1v) is 7.43. The number of hydrogen-bond acceptors (Lipinski definition) is 3. The van der Waals surface area contributed by atoms with Crippen molar-refractivity contribution < 1.29 is 9.90 Å². The van der Waals surface area contributed by atoms with Crippen LogP contribution >= 0.6 is 0 Å². The van der Waals surface area contributed by atoms with Crippen molar-refractivity contribution in [2.45, 2.75) is 65.5 Å². The van der Waals surface area contributed by atoms with Gasteiger partial charge in [0.1, 0.15) is 5.54 Å². The predicted molar refractivity (Wildman–Crippen MR) is 80.5 cm³/mol. The Morgan fingerprint density at radius 2 is 1.89 bits per heavy atom. The van der Waals surface area contributed by atoms with Gasteiger partial charge in [-0.25, -0.2) is 0 Å². The number of nitrogens with one attached hydrogen (secondary N) is 1. The summed E-state index contributed by atoms with van der Waals surface area (Å²) in [5.74, 6) is -0.103. The van der Waals surface area contributed by atoms with Crippen LogP contribution < -0.4 is 5.32 Å². The first-order chi connectivity index (χ1) is 8.74. The number of carboxylic acid groups (broad SMARTS) is 1. The highest BCUT2D eigenvalue weighted by atomic mass is 16.4. The summed E-state index contributed by atoms with van der Waals surface area (Å²) >= 11 is 0. The number of nitrogens with zero attached hydrogens (tertiary/aromatic N) is 1. The Labute approximate surface area is 118 Å². The highest BCUT2D eigenvalue weighted by Gasteiger charge is 2.31. The molecule has 0 aliphatic rings. The topological polar surface area (TPSA) is 52.6 Å². The molecule has 114 valence electrons. The molecule has 0 radical (unpaired) electrons. The van der Waals surface area contributed by atoms with E-state index in [1.165, 1.54) is 0 Å². The third kappa shape index (κ3) is 6.39. The van der Waals surface area contributed by atoms with Crippen LogP contribution in [0, 0.1) is 5.92 Å². The molecule has 0 aromatic heterocycles. The summed E-state index contributed by atoms with van der Waals surface area (Å²) in [5.41, 5.74) is -0.781. The van der Waals surface area contributed by atoms with Gasteiger partial charge in [0.25, 0.3) is 0 Å². The van der Waals surface area contributed by atoms with Crippen LogP contribution in [0.1, 0.15) is 53.9 Å². The lowest BCUT2D eigenvalue weighted by molar-refractivity contribution is -0.144. The average molecular weight is 272 g/mol. The minimum absolute atomic E-state index is 0.569. The summed E-state index contributed by atoms with van der Waals surface area (Å²) in [4.78, 5) is 13.6. The van der Waals surface area contributed by atoms with Gasteiger partial charge in [-0.2, -0.15) is 0 Å². The monoisotopic (exact) mass is 272 g/mol. The summed E-state index contributed by atoms with van der Waals surface area (Å²) in [6, 6.07) is 0.569. The summed E-state index contributed by atoms with van der Waals surface area (Å²) in [7, 11) is 2.14. The van der Waals surface area contributed by atoms with Gasteiger partial charge in [0.05, 0.1) is 0 Å². The van der Waals surface area contributed by atoms with Crippen molar-refractivity contribution in [3.8, 4) is 0 Å². The van der Waals surface area contributed by atoms with E-state index in [2.05, 4.69) is 38.0 Å². The fraction of sp³-hybridized carbons (Fsp3) is 0.933. The van der Waals surface area contributed by atoms with Crippen molar-refractivity contribution in [3.05, 3.63) is 0 Å². The molecule has 0 fully saturated rings. The van der Waals surface area contributed by atoms with Gasteiger partial charge in [-0.1, -0.05) is 20.8 Å². The van der Waals surface area contributed by atoms with Gasteiger partial charge in [-0.05, 0) is 59.2 Å². The average Bonchev–Trinajstić information content (AvgIpc) is 2.33. The Morgan fingerprint density at radius 3 is 2.32 bits per heavy atom. The molecule has 0 aliphatic heterocycles. The standard InChI is InChI=1S/C15H32N2O2/c1-7-16-15(5,14(18)19)10-8-9-11-17(6)13(4)12(2)3/h12-13,16H,7-11H2,1-6H3,(H,18,19). The Hall–Kier alpha value is -0.610. The molecular weight excluding hydrogens is 240 g/mol. The fourth-order valence-corrected chi connectivity index (χ4v) is 2.21. The van der Waals surface area contributed by atoms with Crippen molar-refractivity contribution in [3.63, 3.8) is 0 Å². The smallest absolute Gasteiger partial charge is 0.323 e. The van der Waals surface area contributed by atoms with Gasteiger partial charge in [-0.3, -0.25) is 4.79 Å². The maximum atomic E-state index is 11.3. The number of hydrogen-bond donors (Lipinski definition) is 2. The van der Waals surface area contributed by atoms with Crippen LogP contribution in [-0.2, 0) is 4.79 Å². The number of aliphatic carboxylic acids is 1. The lowest BCUT2D eigenvalue weighted by atomic mass is 9.94. The molecule has 0 rings (SSSR count). The van der Waals surface area contributed by atoms with Crippen LogP contribution in [0.4, 0.5) is 0 Å². The predicted octanol–water partition coefficient (Wildman–Crippen LogP) is 2.59. The highest BCUT2D eigenvalue weighted by Crippen LogP contribution is 2.15. The second-order valence-electron chi connectivity index (χ2n) is 6.09. The first-order valence-electron chi connectivity index (χ1n) is 7.43. The number of likely N-dealkylation sites (N-methyl/N-ethyl adjacent to an activating group) is 1. The number of unbranched alkanes of at least 4 members (excludes halogenated alkanes) is 1.